The van der Waals surface area contributed by atoms with Crippen molar-refractivity contribution in [3.63, 3.8) is 0 Å². The maximum Gasteiger partial charge on any atom is 0.151 e. The summed E-state index contributed by atoms with van der Waals surface area (Å²) < 4.78 is 5.56. The van der Waals surface area contributed by atoms with Crippen LogP contribution in [0.25, 0.3) is 11.3 Å². The molecule has 5 rings (SSSR count). The molecule has 1 N–H and O–H groups in total. The second-order valence-electron chi connectivity index (χ2n) is 7.03. The number of hydrogen-bond acceptors (Lipinski definition) is 5. The van der Waals surface area contributed by atoms with Gasteiger partial charge in [0, 0.05) is 55.1 Å². The highest BCUT2D eigenvalue weighted by Crippen LogP contribution is 2.41. The minimum absolute atomic E-state index is 0.712. The first-order chi connectivity index (χ1) is 12.4. The van der Waals surface area contributed by atoms with Gasteiger partial charge in [0.2, 0.25) is 0 Å². The third-order valence-electron chi connectivity index (χ3n) is 5.22. The van der Waals surface area contributed by atoms with Crippen LogP contribution in [0.15, 0.2) is 35.1 Å². The second kappa shape index (κ2) is 6.11. The summed E-state index contributed by atoms with van der Waals surface area (Å²) in [6, 6.07) is 5.94. The maximum absolute atomic E-state index is 5.56. The van der Waals surface area contributed by atoms with Gasteiger partial charge in [-0.3, -0.25) is 15.0 Å². The Balaban J connectivity index is 1.27. The lowest BCUT2D eigenvalue weighted by atomic mass is 10.1. The summed E-state index contributed by atoms with van der Waals surface area (Å²) in [6.07, 6.45) is 8.26. The third kappa shape index (κ3) is 2.98. The van der Waals surface area contributed by atoms with E-state index >= 15 is 0 Å². The molecule has 4 heterocycles. The van der Waals surface area contributed by atoms with Crippen LogP contribution in [0, 0.1) is 0 Å². The number of hydrogen-bond donors (Lipinski definition) is 1. The largest absolute Gasteiger partial charge is 0.359 e. The molecule has 0 amide bonds. The Morgan fingerprint density at radius 1 is 1.16 bits per heavy atom. The molecule has 0 spiro atoms. The molecule has 6 nitrogen and oxygen atoms in total. The molecular formula is C19H21N5O. The van der Waals surface area contributed by atoms with E-state index in [1.807, 2.05) is 18.2 Å². The minimum Gasteiger partial charge on any atom is -0.359 e. The fourth-order valence-electron chi connectivity index (χ4n) is 3.67. The van der Waals surface area contributed by atoms with Gasteiger partial charge in [-0.15, -0.1) is 0 Å². The van der Waals surface area contributed by atoms with Gasteiger partial charge in [0.25, 0.3) is 0 Å². The van der Waals surface area contributed by atoms with Gasteiger partial charge in [0.05, 0.1) is 12.2 Å². The molecule has 1 fully saturated rings. The molecule has 6 heteroatoms. The minimum atomic E-state index is 0.712. The Morgan fingerprint density at radius 3 is 2.84 bits per heavy atom. The summed E-state index contributed by atoms with van der Waals surface area (Å²) in [5.74, 6) is 1.63. The molecule has 0 saturated heterocycles. The topological polar surface area (TPSA) is 70.8 Å². The van der Waals surface area contributed by atoms with Crippen molar-refractivity contribution in [1.82, 2.24) is 25.2 Å². The second-order valence-corrected chi connectivity index (χ2v) is 7.03. The first-order valence-electron chi connectivity index (χ1n) is 9.01. The molecule has 0 bridgehead atoms. The van der Waals surface area contributed by atoms with Crippen LogP contribution in [-0.2, 0) is 19.4 Å². The number of aromatic nitrogens is 4. The highest BCUT2D eigenvalue weighted by Gasteiger charge is 2.31. The predicted octanol–water partition coefficient (Wildman–Crippen LogP) is 2.94. The summed E-state index contributed by atoms with van der Waals surface area (Å²) >= 11 is 0. The number of nitrogens with one attached hydrogen (secondary N) is 1. The summed E-state index contributed by atoms with van der Waals surface area (Å²) in [6.45, 7) is 2.86. The van der Waals surface area contributed by atoms with Crippen LogP contribution in [0.5, 0.6) is 0 Å². The SMILES string of the molecule is c1cc(-c2cc(CN3CCc4[nH]nc(C5CC5)c4CC3)on2)ccn1. The maximum atomic E-state index is 5.56. The molecule has 3 aromatic heterocycles. The summed E-state index contributed by atoms with van der Waals surface area (Å²) in [5.41, 5.74) is 6.05. The Hall–Kier alpha value is -2.47. The van der Waals surface area contributed by atoms with Crippen molar-refractivity contribution >= 4 is 0 Å². The highest BCUT2D eigenvalue weighted by atomic mass is 16.5. The number of rotatable bonds is 4. The zero-order valence-corrected chi connectivity index (χ0v) is 14.1. The van der Waals surface area contributed by atoms with E-state index in [4.69, 9.17) is 4.52 Å². The van der Waals surface area contributed by atoms with Gasteiger partial charge in [-0.2, -0.15) is 5.10 Å². The number of fused-ring (bicyclic) bond motifs is 1. The molecule has 3 aromatic rings. The number of H-pyrrole nitrogens is 1. The van der Waals surface area contributed by atoms with E-state index < -0.39 is 0 Å². The van der Waals surface area contributed by atoms with E-state index in [0.717, 1.165) is 49.5 Å². The lowest BCUT2D eigenvalue weighted by Crippen LogP contribution is -2.26. The number of aromatic amines is 1. The fraction of sp³-hybridized carbons (Fsp3) is 0.421. The highest BCUT2D eigenvalue weighted by molar-refractivity contribution is 5.57. The molecule has 1 aliphatic heterocycles. The average Bonchev–Trinajstić information content (AvgIpc) is 3.31. The molecular weight excluding hydrogens is 314 g/mol. The predicted molar refractivity (Wildman–Crippen MR) is 93.0 cm³/mol. The zero-order valence-electron chi connectivity index (χ0n) is 14.1. The van der Waals surface area contributed by atoms with Crippen LogP contribution in [0.1, 0.15) is 41.5 Å². The van der Waals surface area contributed by atoms with Gasteiger partial charge in [-0.1, -0.05) is 5.16 Å². The average molecular weight is 335 g/mol. The summed E-state index contributed by atoms with van der Waals surface area (Å²) in [4.78, 5) is 6.49. The van der Waals surface area contributed by atoms with Gasteiger partial charge in [-0.25, -0.2) is 0 Å². The standard InChI is InChI=1S/C19H21N5O/c1-2-14(1)19-16-5-9-24(10-6-17(16)21-22-19)12-15-11-18(23-25-15)13-3-7-20-8-4-13/h3-4,7-8,11,14H,1-2,5-6,9-10,12H2,(H,21,22). The van der Waals surface area contributed by atoms with E-state index in [0.29, 0.717) is 5.92 Å². The van der Waals surface area contributed by atoms with E-state index in [2.05, 4.69) is 25.2 Å². The molecule has 0 atom stereocenters. The van der Waals surface area contributed by atoms with Crippen molar-refractivity contribution in [2.45, 2.75) is 38.1 Å². The van der Waals surface area contributed by atoms with Crippen molar-refractivity contribution in [2.75, 3.05) is 13.1 Å². The number of nitrogens with zero attached hydrogens (tertiary/aromatic N) is 4. The Morgan fingerprint density at radius 2 is 2.00 bits per heavy atom. The lowest BCUT2D eigenvalue weighted by Gasteiger charge is -2.17. The van der Waals surface area contributed by atoms with Crippen molar-refractivity contribution in [3.05, 3.63) is 53.3 Å². The van der Waals surface area contributed by atoms with Crippen LogP contribution < -0.4 is 0 Å². The van der Waals surface area contributed by atoms with E-state index in [1.165, 1.54) is 29.8 Å². The quantitative estimate of drug-likeness (QED) is 0.794. The molecule has 128 valence electrons. The van der Waals surface area contributed by atoms with Gasteiger partial charge in [0.1, 0.15) is 5.69 Å². The zero-order chi connectivity index (χ0) is 16.6. The van der Waals surface area contributed by atoms with E-state index in [-0.39, 0.29) is 0 Å². The molecule has 2 aliphatic rings. The van der Waals surface area contributed by atoms with Crippen molar-refractivity contribution in [1.29, 1.82) is 0 Å². The summed E-state index contributed by atoms with van der Waals surface area (Å²) in [7, 11) is 0. The fourth-order valence-corrected chi connectivity index (χ4v) is 3.67. The molecule has 0 aromatic carbocycles. The van der Waals surface area contributed by atoms with Gasteiger partial charge >= 0.3 is 0 Å². The number of pyridine rings is 1. The van der Waals surface area contributed by atoms with Crippen LogP contribution in [-0.4, -0.2) is 38.3 Å². The van der Waals surface area contributed by atoms with Crippen LogP contribution in [0.2, 0.25) is 0 Å². The van der Waals surface area contributed by atoms with Crippen molar-refractivity contribution in [3.8, 4) is 11.3 Å². The Labute approximate surface area is 146 Å². The molecule has 0 radical (unpaired) electrons. The van der Waals surface area contributed by atoms with Crippen molar-refractivity contribution < 1.29 is 4.52 Å². The monoisotopic (exact) mass is 335 g/mol. The first-order valence-corrected chi connectivity index (χ1v) is 9.01. The van der Waals surface area contributed by atoms with Crippen molar-refractivity contribution in [2.24, 2.45) is 0 Å². The van der Waals surface area contributed by atoms with E-state index in [9.17, 15) is 0 Å². The molecule has 25 heavy (non-hydrogen) atoms. The van der Waals surface area contributed by atoms with Crippen LogP contribution in [0.4, 0.5) is 0 Å². The summed E-state index contributed by atoms with van der Waals surface area (Å²) in [5, 5.41) is 12.1. The smallest absolute Gasteiger partial charge is 0.151 e. The lowest BCUT2D eigenvalue weighted by molar-refractivity contribution is 0.240. The molecule has 1 aliphatic carbocycles. The Bertz CT molecular complexity index is 865. The normalized spacial score (nSPS) is 18.1. The molecule has 0 unspecified atom stereocenters. The van der Waals surface area contributed by atoms with Gasteiger partial charge < -0.3 is 4.52 Å². The van der Waals surface area contributed by atoms with Gasteiger partial charge in [-0.05, 0) is 37.0 Å². The van der Waals surface area contributed by atoms with E-state index in [1.54, 1.807) is 12.4 Å². The van der Waals surface area contributed by atoms with Crippen LogP contribution in [0.3, 0.4) is 0 Å². The van der Waals surface area contributed by atoms with Gasteiger partial charge in [0.15, 0.2) is 5.76 Å². The molecule has 1 saturated carbocycles. The first kappa shape index (κ1) is 14.8. The van der Waals surface area contributed by atoms with Crippen LogP contribution >= 0.6 is 0 Å². The third-order valence-corrected chi connectivity index (χ3v) is 5.22. The Kier molecular flexibility index (Phi) is 3.63.